The standard InChI is InChI=1S/C19H24O2/c1-2-21-17-6-4-3-5-16(17)19(20)18-14-8-12-7-13(10-14)11-15(18)9-12/h3-6,12-15,18H,2,7-11H2,1H3. The molecule has 0 saturated heterocycles. The Balaban J connectivity index is 1.63. The Labute approximate surface area is 126 Å². The minimum absolute atomic E-state index is 0.263. The van der Waals surface area contributed by atoms with Gasteiger partial charge in [0.2, 0.25) is 0 Å². The molecule has 0 amide bonds. The zero-order valence-corrected chi connectivity index (χ0v) is 12.8. The van der Waals surface area contributed by atoms with Gasteiger partial charge in [-0.2, -0.15) is 0 Å². The molecule has 4 bridgehead atoms. The minimum Gasteiger partial charge on any atom is -0.493 e. The summed E-state index contributed by atoms with van der Waals surface area (Å²) in [4.78, 5) is 13.2. The Morgan fingerprint density at radius 2 is 1.67 bits per heavy atom. The van der Waals surface area contributed by atoms with E-state index in [1.165, 1.54) is 32.1 Å². The second kappa shape index (κ2) is 5.15. The Morgan fingerprint density at radius 3 is 2.29 bits per heavy atom. The van der Waals surface area contributed by atoms with Gasteiger partial charge in [0.15, 0.2) is 5.78 Å². The molecule has 0 atom stereocenters. The number of carbonyl (C=O) groups excluding carboxylic acids is 1. The highest BCUT2D eigenvalue weighted by atomic mass is 16.5. The highest BCUT2D eigenvalue weighted by molar-refractivity contribution is 6.00. The van der Waals surface area contributed by atoms with Crippen molar-refractivity contribution in [1.29, 1.82) is 0 Å². The van der Waals surface area contributed by atoms with Crippen LogP contribution in [0.15, 0.2) is 24.3 Å². The summed E-state index contributed by atoms with van der Waals surface area (Å²) in [7, 11) is 0. The van der Waals surface area contributed by atoms with E-state index >= 15 is 0 Å². The maximum Gasteiger partial charge on any atom is 0.170 e. The van der Waals surface area contributed by atoms with Crippen LogP contribution in [0, 0.1) is 29.6 Å². The first-order valence-corrected chi connectivity index (χ1v) is 8.52. The lowest BCUT2D eigenvalue weighted by molar-refractivity contribution is -0.0252. The molecule has 1 aromatic rings. The molecule has 2 nitrogen and oxygen atoms in total. The molecule has 0 spiro atoms. The number of ketones is 1. The predicted molar refractivity (Wildman–Crippen MR) is 82.5 cm³/mol. The quantitative estimate of drug-likeness (QED) is 0.769. The number of carbonyl (C=O) groups is 1. The third kappa shape index (κ3) is 2.20. The third-order valence-electron chi connectivity index (χ3n) is 5.98. The summed E-state index contributed by atoms with van der Waals surface area (Å²) < 4.78 is 5.68. The SMILES string of the molecule is CCOc1ccccc1C(=O)C1C2CC3CC(C2)CC1C3. The predicted octanol–water partition coefficient (Wildman–Crippen LogP) is 4.34. The Kier molecular flexibility index (Phi) is 3.28. The van der Waals surface area contributed by atoms with Gasteiger partial charge in [-0.25, -0.2) is 0 Å². The van der Waals surface area contributed by atoms with E-state index in [9.17, 15) is 4.79 Å². The van der Waals surface area contributed by atoms with Crippen LogP contribution in [0.25, 0.3) is 0 Å². The highest BCUT2D eigenvalue weighted by Crippen LogP contribution is 2.57. The largest absolute Gasteiger partial charge is 0.493 e. The van der Waals surface area contributed by atoms with Crippen molar-refractivity contribution in [3.8, 4) is 5.75 Å². The topological polar surface area (TPSA) is 26.3 Å². The average molecular weight is 284 g/mol. The van der Waals surface area contributed by atoms with Crippen molar-refractivity contribution in [2.45, 2.75) is 39.0 Å². The second-order valence-electron chi connectivity index (χ2n) is 7.25. The lowest BCUT2D eigenvalue weighted by atomic mass is 9.51. The van der Waals surface area contributed by atoms with Crippen molar-refractivity contribution in [2.75, 3.05) is 6.61 Å². The monoisotopic (exact) mass is 284 g/mol. The van der Waals surface area contributed by atoms with Gasteiger partial charge in [-0.3, -0.25) is 4.79 Å². The molecule has 0 radical (unpaired) electrons. The summed E-state index contributed by atoms with van der Waals surface area (Å²) in [6, 6.07) is 7.82. The van der Waals surface area contributed by atoms with Crippen molar-refractivity contribution in [3.63, 3.8) is 0 Å². The molecule has 0 aromatic heterocycles. The molecule has 4 saturated carbocycles. The number of ether oxygens (including phenoxy) is 1. The summed E-state index contributed by atoms with van der Waals surface area (Å²) in [6.07, 6.45) is 6.60. The summed E-state index contributed by atoms with van der Waals surface area (Å²) in [6.45, 7) is 2.59. The minimum atomic E-state index is 0.263. The van der Waals surface area contributed by atoms with Gasteiger partial charge in [-0.1, -0.05) is 12.1 Å². The molecule has 4 fully saturated rings. The van der Waals surface area contributed by atoms with Crippen LogP contribution in [0.5, 0.6) is 5.75 Å². The second-order valence-corrected chi connectivity index (χ2v) is 7.25. The van der Waals surface area contributed by atoms with Gasteiger partial charge in [-0.15, -0.1) is 0 Å². The smallest absolute Gasteiger partial charge is 0.170 e. The van der Waals surface area contributed by atoms with Crippen molar-refractivity contribution in [1.82, 2.24) is 0 Å². The zero-order valence-electron chi connectivity index (χ0n) is 12.8. The van der Waals surface area contributed by atoms with Crippen LogP contribution in [0.3, 0.4) is 0 Å². The molecular formula is C19H24O2. The highest BCUT2D eigenvalue weighted by Gasteiger charge is 2.50. The van der Waals surface area contributed by atoms with Crippen LogP contribution in [-0.4, -0.2) is 12.4 Å². The molecule has 4 aliphatic carbocycles. The van der Waals surface area contributed by atoms with E-state index in [0.29, 0.717) is 24.2 Å². The van der Waals surface area contributed by atoms with Gasteiger partial charge < -0.3 is 4.74 Å². The number of para-hydroxylation sites is 1. The zero-order chi connectivity index (χ0) is 14.4. The molecule has 21 heavy (non-hydrogen) atoms. The van der Waals surface area contributed by atoms with Crippen molar-refractivity contribution >= 4 is 5.78 Å². The average Bonchev–Trinajstić information content (AvgIpc) is 2.47. The van der Waals surface area contributed by atoms with Gasteiger partial charge >= 0.3 is 0 Å². The summed E-state index contributed by atoms with van der Waals surface area (Å²) >= 11 is 0. The maximum atomic E-state index is 13.2. The first kappa shape index (κ1) is 13.4. The van der Waals surface area contributed by atoms with Gasteiger partial charge in [0, 0.05) is 5.92 Å². The molecule has 4 aliphatic rings. The van der Waals surface area contributed by atoms with Gasteiger partial charge in [-0.05, 0) is 74.8 Å². The maximum absolute atomic E-state index is 13.2. The van der Waals surface area contributed by atoms with Crippen LogP contribution in [0.1, 0.15) is 49.4 Å². The van der Waals surface area contributed by atoms with Crippen molar-refractivity contribution in [2.24, 2.45) is 29.6 Å². The molecule has 5 rings (SSSR count). The summed E-state index contributed by atoms with van der Waals surface area (Å²) in [5, 5.41) is 0. The number of Topliss-reactive ketones (excluding diaryl/α,β-unsaturated/α-hetero) is 1. The summed E-state index contributed by atoms with van der Waals surface area (Å²) in [5.74, 6) is 4.51. The molecule has 0 heterocycles. The Hall–Kier alpha value is -1.31. The first-order valence-electron chi connectivity index (χ1n) is 8.52. The van der Waals surface area contributed by atoms with E-state index in [2.05, 4.69) is 0 Å². The van der Waals surface area contributed by atoms with Gasteiger partial charge in [0.05, 0.1) is 12.2 Å². The number of hydrogen-bond acceptors (Lipinski definition) is 2. The van der Waals surface area contributed by atoms with Crippen molar-refractivity contribution in [3.05, 3.63) is 29.8 Å². The fourth-order valence-electron chi connectivity index (χ4n) is 5.48. The van der Waals surface area contributed by atoms with Crippen molar-refractivity contribution < 1.29 is 9.53 Å². The summed E-state index contributed by atoms with van der Waals surface area (Å²) in [5.41, 5.74) is 0.817. The van der Waals surface area contributed by atoms with E-state index in [1.54, 1.807) is 0 Å². The molecule has 0 unspecified atom stereocenters. The molecule has 2 heteroatoms. The molecule has 0 aliphatic heterocycles. The fourth-order valence-corrected chi connectivity index (χ4v) is 5.48. The van der Waals surface area contributed by atoms with Gasteiger partial charge in [0.1, 0.15) is 5.75 Å². The lowest BCUT2D eigenvalue weighted by Gasteiger charge is -2.53. The van der Waals surface area contributed by atoms with Crippen LogP contribution >= 0.6 is 0 Å². The first-order chi connectivity index (χ1) is 10.3. The number of hydrogen-bond donors (Lipinski definition) is 0. The third-order valence-corrected chi connectivity index (χ3v) is 5.98. The molecule has 1 aromatic carbocycles. The number of benzene rings is 1. The molecule has 0 N–H and O–H groups in total. The van der Waals surface area contributed by atoms with E-state index in [1.807, 2.05) is 31.2 Å². The number of rotatable bonds is 4. The lowest BCUT2D eigenvalue weighted by Crippen LogP contribution is -2.48. The molecule has 112 valence electrons. The van der Waals surface area contributed by atoms with E-state index in [0.717, 1.165) is 23.1 Å². The van der Waals surface area contributed by atoms with Crippen LogP contribution in [-0.2, 0) is 0 Å². The van der Waals surface area contributed by atoms with E-state index in [-0.39, 0.29) is 5.92 Å². The van der Waals surface area contributed by atoms with Crippen LogP contribution in [0.4, 0.5) is 0 Å². The molecular weight excluding hydrogens is 260 g/mol. The van der Waals surface area contributed by atoms with E-state index < -0.39 is 0 Å². The fraction of sp³-hybridized carbons (Fsp3) is 0.632. The Morgan fingerprint density at radius 1 is 1.05 bits per heavy atom. The van der Waals surface area contributed by atoms with Crippen LogP contribution in [0.2, 0.25) is 0 Å². The van der Waals surface area contributed by atoms with Gasteiger partial charge in [0.25, 0.3) is 0 Å². The normalized spacial score (nSPS) is 36.7. The van der Waals surface area contributed by atoms with Crippen LogP contribution < -0.4 is 4.74 Å². The van der Waals surface area contributed by atoms with E-state index in [4.69, 9.17) is 4.74 Å². The Bertz CT molecular complexity index is 520.